The zero-order valence-electron chi connectivity index (χ0n) is 10.7. The molecule has 0 bridgehead atoms. The van der Waals surface area contributed by atoms with Crippen LogP contribution in [0.4, 0.5) is 0 Å². The molecule has 1 aliphatic heterocycles. The molecule has 2 unspecified atom stereocenters. The molecule has 3 rings (SSSR count). The number of hydrogen-bond donors (Lipinski definition) is 1. The second kappa shape index (κ2) is 4.63. The largest absolute Gasteiger partial charge is 0.431 e. The van der Waals surface area contributed by atoms with Gasteiger partial charge in [-0.3, -0.25) is 4.79 Å². The standard InChI is InChI=1S/C15H19NO2/c1-10(17)18-14-5-4-11-9-15-12(3-2-6-16-15)7-13(11)8-14/h4-5,9,12-13,16H,2-3,6-8H2,1H3. The Bertz CT molecular complexity index is 459. The fraction of sp³-hybridized carbons (Fsp3) is 0.533. The molecular formula is C15H19NO2. The van der Waals surface area contributed by atoms with E-state index in [4.69, 9.17) is 4.74 Å². The Labute approximate surface area is 108 Å². The van der Waals surface area contributed by atoms with Gasteiger partial charge >= 0.3 is 5.97 Å². The van der Waals surface area contributed by atoms with Crippen molar-refractivity contribution >= 4 is 5.97 Å². The van der Waals surface area contributed by atoms with E-state index in [9.17, 15) is 4.79 Å². The molecule has 0 aromatic heterocycles. The Morgan fingerprint density at radius 3 is 3.11 bits per heavy atom. The number of allylic oxidation sites excluding steroid dienone is 6. The van der Waals surface area contributed by atoms with Crippen molar-refractivity contribution in [1.29, 1.82) is 0 Å². The lowest BCUT2D eigenvalue weighted by molar-refractivity contribution is -0.137. The third-order valence-corrected chi connectivity index (χ3v) is 4.05. The fourth-order valence-corrected chi connectivity index (χ4v) is 3.22. The normalized spacial score (nSPS) is 29.9. The van der Waals surface area contributed by atoms with Gasteiger partial charge in [-0.15, -0.1) is 0 Å². The molecule has 0 radical (unpaired) electrons. The zero-order chi connectivity index (χ0) is 12.5. The quantitative estimate of drug-likeness (QED) is 0.722. The zero-order valence-corrected chi connectivity index (χ0v) is 10.7. The van der Waals surface area contributed by atoms with Crippen LogP contribution in [0.15, 0.2) is 35.3 Å². The van der Waals surface area contributed by atoms with Crippen LogP contribution in [-0.2, 0) is 9.53 Å². The van der Waals surface area contributed by atoms with E-state index in [0.717, 1.165) is 18.7 Å². The molecule has 0 aromatic carbocycles. The summed E-state index contributed by atoms with van der Waals surface area (Å²) in [5, 5.41) is 3.51. The SMILES string of the molecule is CC(=O)OC1=CC=C2C=C3NCCCC3CC2C1. The summed E-state index contributed by atoms with van der Waals surface area (Å²) in [6.07, 6.45) is 10.9. The first-order chi connectivity index (χ1) is 8.72. The van der Waals surface area contributed by atoms with Gasteiger partial charge in [0.1, 0.15) is 5.76 Å². The van der Waals surface area contributed by atoms with E-state index < -0.39 is 0 Å². The lowest BCUT2D eigenvalue weighted by Gasteiger charge is -2.36. The van der Waals surface area contributed by atoms with Crippen LogP contribution >= 0.6 is 0 Å². The van der Waals surface area contributed by atoms with Crippen molar-refractivity contribution < 1.29 is 9.53 Å². The summed E-state index contributed by atoms with van der Waals surface area (Å²) in [4.78, 5) is 11.0. The molecule has 2 atom stereocenters. The Hall–Kier alpha value is -1.51. The number of hydrogen-bond acceptors (Lipinski definition) is 3. The monoisotopic (exact) mass is 245 g/mol. The molecule has 0 saturated carbocycles. The Kier molecular flexibility index (Phi) is 2.98. The molecule has 0 spiro atoms. The highest BCUT2D eigenvalue weighted by atomic mass is 16.5. The molecule has 3 aliphatic rings. The minimum Gasteiger partial charge on any atom is -0.431 e. The summed E-state index contributed by atoms with van der Waals surface area (Å²) in [5.74, 6) is 1.80. The average molecular weight is 245 g/mol. The first-order valence-electron chi connectivity index (χ1n) is 6.77. The highest BCUT2D eigenvalue weighted by Gasteiger charge is 2.31. The van der Waals surface area contributed by atoms with Gasteiger partial charge in [-0.05, 0) is 48.8 Å². The van der Waals surface area contributed by atoms with E-state index >= 15 is 0 Å². The number of piperidine rings is 1. The average Bonchev–Trinajstić information content (AvgIpc) is 2.35. The molecule has 0 aromatic rings. The molecular weight excluding hydrogens is 226 g/mol. The van der Waals surface area contributed by atoms with Crippen molar-refractivity contribution in [3.63, 3.8) is 0 Å². The second-order valence-electron chi connectivity index (χ2n) is 5.40. The van der Waals surface area contributed by atoms with E-state index in [2.05, 4.69) is 17.5 Å². The predicted octanol–water partition coefficient (Wildman–Crippen LogP) is 2.67. The van der Waals surface area contributed by atoms with Crippen LogP contribution in [0, 0.1) is 11.8 Å². The van der Waals surface area contributed by atoms with Gasteiger partial charge in [-0.25, -0.2) is 0 Å². The maximum absolute atomic E-state index is 11.0. The van der Waals surface area contributed by atoms with Gasteiger partial charge in [-0.1, -0.05) is 6.08 Å². The van der Waals surface area contributed by atoms with Gasteiger partial charge < -0.3 is 10.1 Å². The van der Waals surface area contributed by atoms with Crippen molar-refractivity contribution in [2.24, 2.45) is 11.8 Å². The molecule has 18 heavy (non-hydrogen) atoms. The molecule has 96 valence electrons. The summed E-state index contributed by atoms with van der Waals surface area (Å²) >= 11 is 0. The van der Waals surface area contributed by atoms with E-state index in [-0.39, 0.29) is 5.97 Å². The molecule has 3 nitrogen and oxygen atoms in total. The summed E-state index contributed by atoms with van der Waals surface area (Å²) < 4.78 is 5.22. The maximum Gasteiger partial charge on any atom is 0.307 e. The lowest BCUT2D eigenvalue weighted by atomic mass is 9.74. The maximum atomic E-state index is 11.0. The van der Waals surface area contributed by atoms with Crippen molar-refractivity contribution in [2.75, 3.05) is 6.54 Å². The van der Waals surface area contributed by atoms with E-state index in [1.165, 1.54) is 37.5 Å². The molecule has 1 saturated heterocycles. The van der Waals surface area contributed by atoms with Gasteiger partial charge in [-0.2, -0.15) is 0 Å². The van der Waals surface area contributed by atoms with Crippen LogP contribution in [0.25, 0.3) is 0 Å². The van der Waals surface area contributed by atoms with Crippen molar-refractivity contribution in [3.05, 3.63) is 35.3 Å². The van der Waals surface area contributed by atoms with Gasteiger partial charge in [0.2, 0.25) is 0 Å². The molecule has 3 heteroatoms. The number of ether oxygens (including phenoxy) is 1. The summed E-state index contributed by atoms with van der Waals surface area (Å²) in [7, 11) is 0. The predicted molar refractivity (Wildman–Crippen MR) is 69.5 cm³/mol. The first-order valence-corrected chi connectivity index (χ1v) is 6.77. The van der Waals surface area contributed by atoms with Gasteiger partial charge in [0.25, 0.3) is 0 Å². The van der Waals surface area contributed by atoms with Gasteiger partial charge in [0, 0.05) is 25.6 Å². The van der Waals surface area contributed by atoms with Crippen LogP contribution in [0.2, 0.25) is 0 Å². The van der Waals surface area contributed by atoms with Gasteiger partial charge in [0.05, 0.1) is 0 Å². The third kappa shape index (κ3) is 2.22. The number of nitrogens with one attached hydrogen (secondary N) is 1. The van der Waals surface area contributed by atoms with Crippen LogP contribution in [0.5, 0.6) is 0 Å². The number of esters is 1. The highest BCUT2D eigenvalue weighted by molar-refractivity contribution is 5.67. The highest BCUT2D eigenvalue weighted by Crippen LogP contribution is 2.40. The summed E-state index contributed by atoms with van der Waals surface area (Å²) in [5.41, 5.74) is 2.79. The van der Waals surface area contributed by atoms with Crippen molar-refractivity contribution in [3.8, 4) is 0 Å². The summed E-state index contributed by atoms with van der Waals surface area (Å²) in [6.45, 7) is 2.57. The van der Waals surface area contributed by atoms with Crippen LogP contribution < -0.4 is 5.32 Å². The molecule has 2 aliphatic carbocycles. The number of carbonyl (C=O) groups excluding carboxylic acids is 1. The number of rotatable bonds is 1. The van der Waals surface area contributed by atoms with E-state index in [0.29, 0.717) is 11.8 Å². The van der Waals surface area contributed by atoms with Crippen LogP contribution in [0.3, 0.4) is 0 Å². The third-order valence-electron chi connectivity index (χ3n) is 4.05. The van der Waals surface area contributed by atoms with E-state index in [1.54, 1.807) is 0 Å². The van der Waals surface area contributed by atoms with Crippen molar-refractivity contribution in [2.45, 2.75) is 32.6 Å². The molecule has 1 heterocycles. The molecule has 1 fully saturated rings. The Morgan fingerprint density at radius 1 is 1.39 bits per heavy atom. The van der Waals surface area contributed by atoms with Crippen LogP contribution in [-0.4, -0.2) is 12.5 Å². The van der Waals surface area contributed by atoms with Crippen LogP contribution in [0.1, 0.15) is 32.6 Å². The Morgan fingerprint density at radius 2 is 2.28 bits per heavy atom. The minimum absolute atomic E-state index is 0.218. The van der Waals surface area contributed by atoms with E-state index in [1.807, 2.05) is 6.08 Å². The van der Waals surface area contributed by atoms with Crippen molar-refractivity contribution in [1.82, 2.24) is 5.32 Å². The molecule has 1 N–H and O–H groups in total. The minimum atomic E-state index is -0.218. The Balaban J connectivity index is 1.80. The lowest BCUT2D eigenvalue weighted by Crippen LogP contribution is -2.32. The summed E-state index contributed by atoms with van der Waals surface area (Å²) in [6, 6.07) is 0. The second-order valence-corrected chi connectivity index (χ2v) is 5.40. The smallest absolute Gasteiger partial charge is 0.307 e. The topological polar surface area (TPSA) is 38.3 Å². The fourth-order valence-electron chi connectivity index (χ4n) is 3.22. The van der Waals surface area contributed by atoms with Gasteiger partial charge in [0.15, 0.2) is 0 Å². The first kappa shape index (κ1) is 11.6. The number of fused-ring (bicyclic) bond motifs is 2. The number of carbonyl (C=O) groups is 1. The molecule has 0 amide bonds.